The third-order valence-electron chi connectivity index (χ3n) is 3.92. The molecule has 0 spiro atoms. The molecule has 6 nitrogen and oxygen atoms in total. The summed E-state index contributed by atoms with van der Waals surface area (Å²) in [5, 5.41) is 6.84. The molecule has 1 amide bonds. The van der Waals surface area contributed by atoms with Gasteiger partial charge in [-0.3, -0.25) is 4.79 Å². The van der Waals surface area contributed by atoms with E-state index in [1.165, 1.54) is 0 Å². The lowest BCUT2D eigenvalue weighted by Crippen LogP contribution is -2.24. The van der Waals surface area contributed by atoms with Gasteiger partial charge in [-0.1, -0.05) is 17.3 Å². The average Bonchev–Trinajstić information content (AvgIpc) is 3.15. The van der Waals surface area contributed by atoms with Crippen molar-refractivity contribution in [2.75, 3.05) is 14.2 Å². The fraction of sp³-hybridized carbons (Fsp3) is 0.200. The molecule has 0 saturated heterocycles. The molecular weight excluding hydrogens is 332 g/mol. The minimum Gasteiger partial charge on any atom is -0.497 e. The highest BCUT2D eigenvalue weighted by Crippen LogP contribution is 2.23. The van der Waals surface area contributed by atoms with Gasteiger partial charge < -0.3 is 19.3 Å². The SMILES string of the molecule is COc1ccc(CNC(=O)Cc2cc(-c3ccc(OC)cc3)on2)cc1. The lowest BCUT2D eigenvalue weighted by atomic mass is 10.1. The van der Waals surface area contributed by atoms with Gasteiger partial charge in [-0.25, -0.2) is 0 Å². The van der Waals surface area contributed by atoms with Gasteiger partial charge >= 0.3 is 0 Å². The number of methoxy groups -OCH3 is 2. The fourth-order valence-corrected chi connectivity index (χ4v) is 2.46. The van der Waals surface area contributed by atoms with E-state index in [-0.39, 0.29) is 12.3 Å². The van der Waals surface area contributed by atoms with Crippen LogP contribution in [0.4, 0.5) is 0 Å². The van der Waals surface area contributed by atoms with Crippen LogP contribution < -0.4 is 14.8 Å². The van der Waals surface area contributed by atoms with E-state index >= 15 is 0 Å². The number of carbonyl (C=O) groups excluding carboxylic acids is 1. The third kappa shape index (κ3) is 4.42. The van der Waals surface area contributed by atoms with Gasteiger partial charge in [-0.2, -0.15) is 0 Å². The van der Waals surface area contributed by atoms with E-state index in [0.717, 1.165) is 22.6 Å². The Hall–Kier alpha value is -3.28. The zero-order valence-corrected chi connectivity index (χ0v) is 14.7. The van der Waals surface area contributed by atoms with Crippen LogP contribution in [0.1, 0.15) is 11.3 Å². The number of rotatable bonds is 7. The Morgan fingerprint density at radius 3 is 2.23 bits per heavy atom. The summed E-state index contributed by atoms with van der Waals surface area (Å²) in [4.78, 5) is 12.1. The molecule has 0 aliphatic carbocycles. The summed E-state index contributed by atoms with van der Waals surface area (Å²) in [7, 11) is 3.24. The maximum absolute atomic E-state index is 12.1. The van der Waals surface area contributed by atoms with E-state index in [2.05, 4.69) is 10.5 Å². The summed E-state index contributed by atoms with van der Waals surface area (Å²) in [6.07, 6.45) is 0.163. The summed E-state index contributed by atoms with van der Waals surface area (Å²) < 4.78 is 15.6. The number of amides is 1. The number of nitrogens with one attached hydrogen (secondary N) is 1. The first kappa shape index (κ1) is 17.5. The highest BCUT2D eigenvalue weighted by atomic mass is 16.5. The first-order valence-corrected chi connectivity index (χ1v) is 8.17. The Morgan fingerprint density at radius 1 is 1.00 bits per heavy atom. The second kappa shape index (κ2) is 8.20. The second-order valence-corrected chi connectivity index (χ2v) is 5.71. The third-order valence-corrected chi connectivity index (χ3v) is 3.92. The predicted octanol–water partition coefficient (Wildman–Crippen LogP) is 3.22. The molecule has 1 heterocycles. The molecule has 2 aromatic carbocycles. The van der Waals surface area contributed by atoms with E-state index in [1.807, 2.05) is 48.5 Å². The molecule has 1 aromatic heterocycles. The van der Waals surface area contributed by atoms with Crippen LogP contribution in [0.15, 0.2) is 59.1 Å². The number of aromatic nitrogens is 1. The lowest BCUT2D eigenvalue weighted by Gasteiger charge is -2.05. The molecule has 0 unspecified atom stereocenters. The van der Waals surface area contributed by atoms with Crippen molar-refractivity contribution >= 4 is 5.91 Å². The second-order valence-electron chi connectivity index (χ2n) is 5.71. The first-order chi connectivity index (χ1) is 12.7. The Labute approximate surface area is 151 Å². The molecule has 6 heteroatoms. The van der Waals surface area contributed by atoms with Crippen molar-refractivity contribution in [3.05, 3.63) is 65.9 Å². The molecule has 134 valence electrons. The van der Waals surface area contributed by atoms with Crippen molar-refractivity contribution in [3.8, 4) is 22.8 Å². The molecular formula is C20H20N2O4. The summed E-state index contributed by atoms with van der Waals surface area (Å²) in [5.74, 6) is 2.06. The molecule has 0 saturated carbocycles. The molecule has 26 heavy (non-hydrogen) atoms. The molecule has 3 aromatic rings. The zero-order valence-electron chi connectivity index (χ0n) is 14.7. The molecule has 0 aliphatic heterocycles. The van der Waals surface area contributed by atoms with E-state index < -0.39 is 0 Å². The van der Waals surface area contributed by atoms with E-state index in [0.29, 0.717) is 18.0 Å². The Bertz CT molecular complexity index is 854. The Balaban J connectivity index is 1.55. The predicted molar refractivity (Wildman–Crippen MR) is 97.0 cm³/mol. The van der Waals surface area contributed by atoms with Gasteiger partial charge in [-0.05, 0) is 42.0 Å². The first-order valence-electron chi connectivity index (χ1n) is 8.17. The van der Waals surface area contributed by atoms with Crippen LogP contribution in [0.5, 0.6) is 11.5 Å². The minimum absolute atomic E-state index is 0.115. The number of ether oxygens (including phenoxy) is 2. The number of benzene rings is 2. The van der Waals surface area contributed by atoms with Gasteiger partial charge in [0.1, 0.15) is 11.5 Å². The zero-order chi connectivity index (χ0) is 18.4. The van der Waals surface area contributed by atoms with Crippen LogP contribution >= 0.6 is 0 Å². The van der Waals surface area contributed by atoms with Crippen LogP contribution in [-0.2, 0) is 17.8 Å². The maximum atomic E-state index is 12.1. The molecule has 3 rings (SSSR count). The largest absolute Gasteiger partial charge is 0.497 e. The van der Waals surface area contributed by atoms with Crippen molar-refractivity contribution in [2.24, 2.45) is 0 Å². The van der Waals surface area contributed by atoms with E-state index in [1.54, 1.807) is 20.3 Å². The highest BCUT2D eigenvalue weighted by molar-refractivity contribution is 5.78. The van der Waals surface area contributed by atoms with Gasteiger partial charge in [0.25, 0.3) is 0 Å². The highest BCUT2D eigenvalue weighted by Gasteiger charge is 2.11. The van der Waals surface area contributed by atoms with Gasteiger partial charge in [0.05, 0.1) is 26.3 Å². The Kier molecular flexibility index (Phi) is 5.53. The van der Waals surface area contributed by atoms with Crippen molar-refractivity contribution < 1.29 is 18.8 Å². The fourth-order valence-electron chi connectivity index (χ4n) is 2.46. The van der Waals surface area contributed by atoms with E-state index in [4.69, 9.17) is 14.0 Å². The Morgan fingerprint density at radius 2 is 1.62 bits per heavy atom. The summed E-state index contributed by atoms with van der Waals surface area (Å²) in [5.41, 5.74) is 2.46. The summed E-state index contributed by atoms with van der Waals surface area (Å²) in [6, 6.07) is 16.8. The van der Waals surface area contributed by atoms with Gasteiger partial charge in [0, 0.05) is 18.2 Å². The van der Waals surface area contributed by atoms with Crippen molar-refractivity contribution in [1.82, 2.24) is 10.5 Å². The maximum Gasteiger partial charge on any atom is 0.226 e. The molecule has 0 radical (unpaired) electrons. The van der Waals surface area contributed by atoms with Crippen molar-refractivity contribution in [1.29, 1.82) is 0 Å². The van der Waals surface area contributed by atoms with Gasteiger partial charge in [0.2, 0.25) is 5.91 Å². The minimum atomic E-state index is -0.115. The normalized spacial score (nSPS) is 10.4. The van der Waals surface area contributed by atoms with Crippen LogP contribution in [0, 0.1) is 0 Å². The lowest BCUT2D eigenvalue weighted by molar-refractivity contribution is -0.120. The molecule has 0 bridgehead atoms. The van der Waals surface area contributed by atoms with Crippen LogP contribution in [0.3, 0.4) is 0 Å². The van der Waals surface area contributed by atoms with Crippen LogP contribution in [0.25, 0.3) is 11.3 Å². The number of carbonyl (C=O) groups is 1. The monoisotopic (exact) mass is 352 g/mol. The molecule has 0 atom stereocenters. The van der Waals surface area contributed by atoms with E-state index in [9.17, 15) is 4.79 Å². The standard InChI is InChI=1S/C20H20N2O4/c1-24-17-7-3-14(4-8-17)13-21-20(23)12-16-11-19(26-22-16)15-5-9-18(25-2)10-6-15/h3-11H,12-13H2,1-2H3,(H,21,23). The van der Waals surface area contributed by atoms with Gasteiger partial charge in [0.15, 0.2) is 5.76 Å². The van der Waals surface area contributed by atoms with Crippen LogP contribution in [0.2, 0.25) is 0 Å². The topological polar surface area (TPSA) is 73.6 Å². The molecule has 1 N–H and O–H groups in total. The summed E-state index contributed by atoms with van der Waals surface area (Å²) >= 11 is 0. The summed E-state index contributed by atoms with van der Waals surface area (Å²) in [6.45, 7) is 0.450. The van der Waals surface area contributed by atoms with Gasteiger partial charge in [-0.15, -0.1) is 0 Å². The number of hydrogen-bond acceptors (Lipinski definition) is 5. The average molecular weight is 352 g/mol. The molecule has 0 fully saturated rings. The molecule has 0 aliphatic rings. The van der Waals surface area contributed by atoms with Crippen LogP contribution in [-0.4, -0.2) is 25.3 Å². The van der Waals surface area contributed by atoms with Crippen molar-refractivity contribution in [3.63, 3.8) is 0 Å². The quantitative estimate of drug-likeness (QED) is 0.707. The number of nitrogens with zero attached hydrogens (tertiary/aromatic N) is 1. The van der Waals surface area contributed by atoms with Crippen molar-refractivity contribution in [2.45, 2.75) is 13.0 Å². The smallest absolute Gasteiger partial charge is 0.226 e. The number of hydrogen-bond donors (Lipinski definition) is 1.